The Hall–Kier alpha value is -2.05. The van der Waals surface area contributed by atoms with E-state index in [1.165, 1.54) is 5.56 Å². The first-order valence-electron chi connectivity index (χ1n) is 8.67. The molecular formula is C21H22BrN3OS. The van der Waals surface area contributed by atoms with E-state index in [1.54, 1.807) is 11.8 Å². The molecule has 3 aromatic rings. The van der Waals surface area contributed by atoms with Gasteiger partial charge >= 0.3 is 0 Å². The quantitative estimate of drug-likeness (QED) is 0.329. The third-order valence-corrected chi connectivity index (χ3v) is 5.71. The highest BCUT2D eigenvalue weighted by Gasteiger charge is 2.13. The third-order valence-electron chi connectivity index (χ3n) is 4.14. The molecule has 0 aliphatic heterocycles. The molecule has 0 aliphatic rings. The Kier molecular flexibility index (Phi) is 6.74. The topological polar surface area (TPSA) is 39.9 Å². The average molecular weight is 444 g/mol. The zero-order valence-electron chi connectivity index (χ0n) is 15.5. The minimum atomic E-state index is 0.380. The maximum atomic E-state index is 6.06. The maximum Gasteiger partial charge on any atom is 0.191 e. The van der Waals surface area contributed by atoms with Crippen LogP contribution in [0, 0.1) is 13.8 Å². The number of hydrogen-bond acceptors (Lipinski definition) is 4. The van der Waals surface area contributed by atoms with Gasteiger partial charge in [-0.3, -0.25) is 4.57 Å². The molecular weight excluding hydrogens is 422 g/mol. The van der Waals surface area contributed by atoms with Gasteiger partial charge in [-0.05, 0) is 42.7 Å². The van der Waals surface area contributed by atoms with Crippen LogP contribution in [0.4, 0.5) is 0 Å². The molecule has 0 aliphatic carbocycles. The summed E-state index contributed by atoms with van der Waals surface area (Å²) in [5.41, 5.74) is 3.48. The fraction of sp³-hybridized carbons (Fsp3) is 0.238. The minimum absolute atomic E-state index is 0.380. The Morgan fingerprint density at radius 2 is 1.81 bits per heavy atom. The predicted octanol–water partition coefficient (Wildman–Crippen LogP) is 5.71. The average Bonchev–Trinajstić information content (AvgIpc) is 3.03. The number of allylic oxidation sites excluding steroid dienone is 1. The molecule has 1 heterocycles. The molecule has 4 nitrogen and oxygen atoms in total. The largest absolute Gasteiger partial charge is 0.485 e. The second-order valence-electron chi connectivity index (χ2n) is 6.22. The number of nitrogens with zero attached hydrogens (tertiary/aromatic N) is 3. The van der Waals surface area contributed by atoms with Crippen LogP contribution in [0.15, 0.2) is 64.7 Å². The van der Waals surface area contributed by atoms with Crippen molar-refractivity contribution in [3.05, 3.63) is 82.1 Å². The molecule has 1 aromatic heterocycles. The monoisotopic (exact) mass is 443 g/mol. The standard InChI is InChI=1S/C21H22BrN3OS/c1-4-12-25-19(13-26-20-15(2)6-5-7-16(20)3)23-24-21(25)27-14-17-8-10-18(22)11-9-17/h4-11H,1,12-14H2,2-3H3. The number of thioether (sulfide) groups is 1. The number of aromatic nitrogens is 3. The molecule has 0 spiro atoms. The van der Waals surface area contributed by atoms with Gasteiger partial charge < -0.3 is 4.74 Å². The van der Waals surface area contributed by atoms with Crippen LogP contribution in [0.25, 0.3) is 0 Å². The van der Waals surface area contributed by atoms with Gasteiger partial charge in [0.1, 0.15) is 12.4 Å². The predicted molar refractivity (Wildman–Crippen MR) is 114 cm³/mol. The first-order chi connectivity index (χ1) is 13.1. The van der Waals surface area contributed by atoms with Gasteiger partial charge in [0, 0.05) is 16.8 Å². The van der Waals surface area contributed by atoms with E-state index in [4.69, 9.17) is 4.74 Å². The van der Waals surface area contributed by atoms with Gasteiger partial charge in [0.15, 0.2) is 11.0 Å². The fourth-order valence-corrected chi connectivity index (χ4v) is 3.92. The van der Waals surface area contributed by atoms with Crippen LogP contribution >= 0.6 is 27.7 Å². The lowest BCUT2D eigenvalue weighted by Gasteiger charge is -2.12. The number of hydrogen-bond donors (Lipinski definition) is 0. The van der Waals surface area contributed by atoms with Crippen molar-refractivity contribution in [2.45, 2.75) is 37.9 Å². The Morgan fingerprint density at radius 1 is 1.11 bits per heavy atom. The van der Waals surface area contributed by atoms with Crippen LogP contribution in [-0.2, 0) is 18.9 Å². The van der Waals surface area contributed by atoms with Gasteiger partial charge in [0.05, 0.1) is 0 Å². The summed E-state index contributed by atoms with van der Waals surface area (Å²) in [7, 11) is 0. The summed E-state index contributed by atoms with van der Waals surface area (Å²) < 4.78 is 9.20. The van der Waals surface area contributed by atoms with Gasteiger partial charge in [0.25, 0.3) is 0 Å². The molecule has 0 atom stereocenters. The Balaban J connectivity index is 1.72. The lowest BCUT2D eigenvalue weighted by Crippen LogP contribution is -2.08. The van der Waals surface area contributed by atoms with Gasteiger partial charge in [-0.2, -0.15) is 0 Å². The summed E-state index contributed by atoms with van der Waals surface area (Å²) >= 11 is 5.13. The number of aryl methyl sites for hydroxylation is 2. The molecule has 27 heavy (non-hydrogen) atoms. The molecule has 0 N–H and O–H groups in total. The molecule has 0 saturated heterocycles. The van der Waals surface area contributed by atoms with E-state index in [2.05, 4.69) is 75.4 Å². The SMILES string of the molecule is C=CCn1c(COc2c(C)cccc2C)nnc1SCc1ccc(Br)cc1. The van der Waals surface area contributed by atoms with Gasteiger partial charge in [-0.25, -0.2) is 0 Å². The first kappa shape index (κ1) is 19.7. The van der Waals surface area contributed by atoms with Crippen molar-refractivity contribution in [3.8, 4) is 5.75 Å². The smallest absolute Gasteiger partial charge is 0.191 e. The molecule has 0 fully saturated rings. The van der Waals surface area contributed by atoms with Crippen LogP contribution < -0.4 is 4.74 Å². The van der Waals surface area contributed by atoms with Crippen molar-refractivity contribution < 1.29 is 4.74 Å². The highest BCUT2D eigenvalue weighted by atomic mass is 79.9. The van der Waals surface area contributed by atoms with Gasteiger partial charge in [-0.1, -0.05) is 64.1 Å². The summed E-state index contributed by atoms with van der Waals surface area (Å²) in [6, 6.07) is 14.5. The molecule has 0 radical (unpaired) electrons. The van der Waals surface area contributed by atoms with Crippen LogP contribution in [0.2, 0.25) is 0 Å². The second-order valence-corrected chi connectivity index (χ2v) is 8.08. The lowest BCUT2D eigenvalue weighted by atomic mass is 10.1. The van der Waals surface area contributed by atoms with Crippen LogP contribution in [0.5, 0.6) is 5.75 Å². The first-order valence-corrected chi connectivity index (χ1v) is 10.5. The van der Waals surface area contributed by atoms with Crippen LogP contribution in [0.1, 0.15) is 22.5 Å². The van der Waals surface area contributed by atoms with Crippen molar-refractivity contribution in [1.82, 2.24) is 14.8 Å². The minimum Gasteiger partial charge on any atom is -0.485 e. The molecule has 0 amide bonds. The van der Waals surface area contributed by atoms with E-state index < -0.39 is 0 Å². The number of para-hydroxylation sites is 1. The van der Waals surface area contributed by atoms with E-state index in [9.17, 15) is 0 Å². The van der Waals surface area contributed by atoms with Gasteiger partial charge in [-0.15, -0.1) is 16.8 Å². The van der Waals surface area contributed by atoms with Crippen molar-refractivity contribution >= 4 is 27.7 Å². The number of rotatable bonds is 8. The Bertz CT molecular complexity index is 901. The van der Waals surface area contributed by atoms with E-state index in [1.807, 2.05) is 24.3 Å². The fourth-order valence-electron chi connectivity index (χ4n) is 2.74. The van der Waals surface area contributed by atoms with Crippen LogP contribution in [-0.4, -0.2) is 14.8 Å². The summed E-state index contributed by atoms with van der Waals surface area (Å²) in [6.07, 6.45) is 1.86. The molecule has 0 unspecified atom stereocenters. The highest BCUT2D eigenvalue weighted by molar-refractivity contribution is 9.10. The number of ether oxygens (including phenoxy) is 1. The highest BCUT2D eigenvalue weighted by Crippen LogP contribution is 2.26. The summed E-state index contributed by atoms with van der Waals surface area (Å²) in [6.45, 7) is 9.00. The zero-order chi connectivity index (χ0) is 19.2. The van der Waals surface area contributed by atoms with Crippen molar-refractivity contribution in [3.63, 3.8) is 0 Å². The molecule has 6 heteroatoms. The molecule has 140 valence electrons. The third kappa shape index (κ3) is 5.02. The molecule has 0 saturated carbocycles. The number of halogens is 1. The summed E-state index contributed by atoms with van der Waals surface area (Å²) in [4.78, 5) is 0. The van der Waals surface area contributed by atoms with E-state index in [0.717, 1.165) is 38.1 Å². The van der Waals surface area contributed by atoms with Crippen molar-refractivity contribution in [2.75, 3.05) is 0 Å². The maximum absolute atomic E-state index is 6.06. The van der Waals surface area contributed by atoms with Crippen molar-refractivity contribution in [2.24, 2.45) is 0 Å². The Morgan fingerprint density at radius 3 is 2.48 bits per heavy atom. The van der Waals surface area contributed by atoms with E-state index in [0.29, 0.717) is 13.2 Å². The summed E-state index contributed by atoms with van der Waals surface area (Å²) in [5.74, 6) is 2.55. The molecule has 3 rings (SSSR count). The second kappa shape index (κ2) is 9.24. The number of benzene rings is 2. The van der Waals surface area contributed by atoms with E-state index >= 15 is 0 Å². The molecule has 0 bridgehead atoms. The van der Waals surface area contributed by atoms with E-state index in [-0.39, 0.29) is 0 Å². The normalized spacial score (nSPS) is 10.8. The van der Waals surface area contributed by atoms with Gasteiger partial charge in [0.2, 0.25) is 0 Å². The Labute approximate surface area is 172 Å². The molecule has 2 aromatic carbocycles. The van der Waals surface area contributed by atoms with Crippen LogP contribution in [0.3, 0.4) is 0 Å². The lowest BCUT2D eigenvalue weighted by molar-refractivity contribution is 0.285. The summed E-state index contributed by atoms with van der Waals surface area (Å²) in [5, 5.41) is 9.58. The van der Waals surface area contributed by atoms with Crippen molar-refractivity contribution in [1.29, 1.82) is 0 Å². The zero-order valence-corrected chi connectivity index (χ0v) is 17.9.